The Labute approximate surface area is 62.8 Å². The lowest BCUT2D eigenvalue weighted by molar-refractivity contribution is 0.540. The summed E-state index contributed by atoms with van der Waals surface area (Å²) in [6, 6.07) is 0. The van der Waals surface area contributed by atoms with Crippen LogP contribution in [0.15, 0.2) is 17.1 Å². The van der Waals surface area contributed by atoms with Gasteiger partial charge < -0.3 is 5.73 Å². The molecule has 0 rings (SSSR count). The Hall–Kier alpha value is -0.630. The largest absolute Gasteiger partial charge is 0.307 e. The minimum Gasteiger partial charge on any atom is -0.307 e. The average molecular weight is 140 g/mol. The molecule has 0 aromatic heterocycles. The summed E-state index contributed by atoms with van der Waals surface area (Å²) in [5, 5.41) is 0. The Morgan fingerprint density at radius 3 is 2.30 bits per heavy atom. The molecule has 0 spiro atoms. The van der Waals surface area contributed by atoms with Crippen molar-refractivity contribution in [1.29, 1.82) is 0 Å². The lowest BCUT2D eigenvalue weighted by Crippen LogP contribution is -2.14. The van der Waals surface area contributed by atoms with Gasteiger partial charge in [0, 0.05) is 0 Å². The van der Waals surface area contributed by atoms with E-state index in [4.69, 9.17) is 5.73 Å². The predicted molar refractivity (Wildman–Crippen MR) is 46.1 cm³/mol. The van der Waals surface area contributed by atoms with Gasteiger partial charge in [0.05, 0.1) is 0 Å². The van der Waals surface area contributed by atoms with Crippen LogP contribution < -0.4 is 5.73 Å². The zero-order chi connectivity index (χ0) is 8.20. The summed E-state index contributed by atoms with van der Waals surface area (Å²) in [6.45, 7) is 9.67. The molecule has 1 atom stereocenters. The van der Waals surface area contributed by atoms with Crippen molar-refractivity contribution in [3.05, 3.63) is 12.2 Å². The second-order valence-electron chi connectivity index (χ2n) is 3.40. The monoisotopic (exact) mass is 140 g/mol. The molecule has 0 heterocycles. The van der Waals surface area contributed by atoms with E-state index in [0.717, 1.165) is 0 Å². The molecule has 2 nitrogen and oxygen atoms in total. The summed E-state index contributed by atoms with van der Waals surface area (Å²) < 4.78 is 0. The molecular formula is C8H16N2. The summed E-state index contributed by atoms with van der Waals surface area (Å²) in [4.78, 5) is 3.63. The molecule has 1 unspecified atom stereocenters. The third kappa shape index (κ3) is 5.51. The van der Waals surface area contributed by atoms with Crippen LogP contribution in [0.1, 0.15) is 20.8 Å². The van der Waals surface area contributed by atoms with Crippen LogP contribution in [-0.4, -0.2) is 12.9 Å². The van der Waals surface area contributed by atoms with Gasteiger partial charge in [-0.2, -0.15) is 0 Å². The number of hydrogen-bond donors (Lipinski definition) is 1. The molecule has 0 aliphatic carbocycles. The molecular weight excluding hydrogens is 124 g/mol. The van der Waals surface area contributed by atoms with Crippen LogP contribution in [0, 0.1) is 5.41 Å². The van der Waals surface area contributed by atoms with Crippen LogP contribution in [0.2, 0.25) is 0 Å². The van der Waals surface area contributed by atoms with Gasteiger partial charge in [-0.25, -0.2) is 0 Å². The molecule has 2 N–H and O–H groups in total. The minimum atomic E-state index is -0.251. The first-order valence-electron chi connectivity index (χ1n) is 3.36. The van der Waals surface area contributed by atoms with E-state index < -0.39 is 0 Å². The van der Waals surface area contributed by atoms with Crippen LogP contribution in [0.25, 0.3) is 0 Å². The lowest BCUT2D eigenvalue weighted by atomic mass is 9.96. The molecule has 0 aliphatic rings. The van der Waals surface area contributed by atoms with Crippen molar-refractivity contribution in [2.45, 2.75) is 26.9 Å². The van der Waals surface area contributed by atoms with Gasteiger partial charge >= 0.3 is 0 Å². The number of hydrogen-bond acceptors (Lipinski definition) is 2. The van der Waals surface area contributed by atoms with E-state index in [9.17, 15) is 0 Å². The summed E-state index contributed by atoms with van der Waals surface area (Å²) in [7, 11) is 0. The second kappa shape index (κ2) is 3.52. The number of allylic oxidation sites excluding steroid dienone is 1. The van der Waals surface area contributed by atoms with Gasteiger partial charge in [-0.05, 0) is 18.2 Å². The maximum absolute atomic E-state index is 5.46. The summed E-state index contributed by atoms with van der Waals surface area (Å²) in [5.41, 5.74) is 5.65. The third-order valence-corrected chi connectivity index (χ3v) is 1.00. The molecule has 2 heteroatoms. The maximum atomic E-state index is 5.46. The first-order valence-corrected chi connectivity index (χ1v) is 3.36. The van der Waals surface area contributed by atoms with Gasteiger partial charge in [0.1, 0.15) is 6.17 Å². The summed E-state index contributed by atoms with van der Waals surface area (Å²) in [6.07, 6.45) is 3.64. The minimum absolute atomic E-state index is 0.183. The molecule has 10 heavy (non-hydrogen) atoms. The standard InChI is InChI=1S/C8H16N2/c1-8(2,3)6-5-7(9)10-4/h5-7H,4,9H2,1-3H3/b6-5+. The predicted octanol–water partition coefficient (Wildman–Crippen LogP) is 1.57. The Kier molecular flexibility index (Phi) is 3.30. The molecule has 0 aromatic carbocycles. The molecule has 0 aliphatic heterocycles. The van der Waals surface area contributed by atoms with E-state index in [0.29, 0.717) is 0 Å². The van der Waals surface area contributed by atoms with Crippen LogP contribution in [-0.2, 0) is 0 Å². The topological polar surface area (TPSA) is 38.4 Å². The summed E-state index contributed by atoms with van der Waals surface area (Å²) >= 11 is 0. The van der Waals surface area contributed by atoms with Crippen LogP contribution in [0.4, 0.5) is 0 Å². The molecule has 0 radical (unpaired) electrons. The highest BCUT2D eigenvalue weighted by molar-refractivity contribution is 5.25. The lowest BCUT2D eigenvalue weighted by Gasteiger charge is -2.11. The Balaban J connectivity index is 3.87. The Morgan fingerprint density at radius 2 is 2.00 bits per heavy atom. The van der Waals surface area contributed by atoms with E-state index in [1.807, 2.05) is 12.2 Å². The molecule has 0 aromatic rings. The van der Waals surface area contributed by atoms with Crippen molar-refractivity contribution in [2.75, 3.05) is 0 Å². The summed E-state index contributed by atoms with van der Waals surface area (Å²) in [5.74, 6) is 0. The van der Waals surface area contributed by atoms with E-state index in [1.165, 1.54) is 0 Å². The van der Waals surface area contributed by atoms with Crippen LogP contribution >= 0.6 is 0 Å². The second-order valence-corrected chi connectivity index (χ2v) is 3.40. The van der Waals surface area contributed by atoms with Crippen molar-refractivity contribution >= 4 is 6.72 Å². The number of nitrogens with two attached hydrogens (primary N) is 1. The number of aliphatic imine (C=N–C) groups is 1. The first kappa shape index (κ1) is 9.37. The highest BCUT2D eigenvalue weighted by Crippen LogP contribution is 2.14. The van der Waals surface area contributed by atoms with E-state index in [-0.39, 0.29) is 11.6 Å². The number of nitrogens with zero attached hydrogens (tertiary/aromatic N) is 1. The molecule has 0 saturated heterocycles. The molecule has 58 valence electrons. The maximum Gasteiger partial charge on any atom is 0.115 e. The van der Waals surface area contributed by atoms with Crippen molar-refractivity contribution in [2.24, 2.45) is 16.1 Å². The van der Waals surface area contributed by atoms with Crippen molar-refractivity contribution in [1.82, 2.24) is 0 Å². The van der Waals surface area contributed by atoms with Crippen LogP contribution in [0.3, 0.4) is 0 Å². The van der Waals surface area contributed by atoms with E-state index in [2.05, 4.69) is 32.5 Å². The van der Waals surface area contributed by atoms with E-state index >= 15 is 0 Å². The molecule has 0 fully saturated rings. The average Bonchev–Trinajstić information content (AvgIpc) is 1.81. The van der Waals surface area contributed by atoms with Gasteiger partial charge in [0.2, 0.25) is 0 Å². The smallest absolute Gasteiger partial charge is 0.115 e. The van der Waals surface area contributed by atoms with Crippen LogP contribution in [0.5, 0.6) is 0 Å². The fourth-order valence-corrected chi connectivity index (χ4v) is 0.448. The van der Waals surface area contributed by atoms with Gasteiger partial charge in [-0.3, -0.25) is 4.99 Å². The van der Waals surface area contributed by atoms with Gasteiger partial charge in [0.25, 0.3) is 0 Å². The van der Waals surface area contributed by atoms with Gasteiger partial charge in [-0.15, -0.1) is 0 Å². The highest BCUT2D eigenvalue weighted by Gasteiger charge is 2.03. The molecule has 0 saturated carbocycles. The van der Waals surface area contributed by atoms with E-state index in [1.54, 1.807) is 0 Å². The zero-order valence-electron chi connectivity index (χ0n) is 6.96. The molecule has 0 bridgehead atoms. The van der Waals surface area contributed by atoms with Crippen molar-refractivity contribution in [3.63, 3.8) is 0 Å². The first-order chi connectivity index (χ1) is 4.45. The normalized spacial score (nSPS) is 15.6. The quantitative estimate of drug-likeness (QED) is 0.459. The third-order valence-electron chi connectivity index (χ3n) is 1.00. The Bertz CT molecular complexity index is 131. The molecule has 0 amide bonds. The Morgan fingerprint density at radius 1 is 1.50 bits per heavy atom. The van der Waals surface area contributed by atoms with Crippen molar-refractivity contribution in [3.8, 4) is 0 Å². The SMILES string of the molecule is C=NC(N)/C=C/C(C)(C)C. The van der Waals surface area contributed by atoms with Gasteiger partial charge in [-0.1, -0.05) is 26.8 Å². The number of rotatable bonds is 2. The highest BCUT2D eigenvalue weighted by atomic mass is 14.9. The van der Waals surface area contributed by atoms with Gasteiger partial charge in [0.15, 0.2) is 0 Å². The fraction of sp³-hybridized carbons (Fsp3) is 0.625. The zero-order valence-corrected chi connectivity index (χ0v) is 6.96. The fourth-order valence-electron chi connectivity index (χ4n) is 0.448. The van der Waals surface area contributed by atoms with Crippen molar-refractivity contribution < 1.29 is 0 Å².